The van der Waals surface area contributed by atoms with Crippen molar-refractivity contribution in [2.24, 2.45) is 10.8 Å². The fourth-order valence-electron chi connectivity index (χ4n) is 6.61. The van der Waals surface area contributed by atoms with E-state index in [1.165, 1.54) is 19.3 Å². The number of likely N-dealkylation sites (tertiary alicyclic amines) is 1. The van der Waals surface area contributed by atoms with Crippen LogP contribution in [0.2, 0.25) is 0 Å². The molecule has 3 heterocycles. The molecule has 2 aliphatic heterocycles. The van der Waals surface area contributed by atoms with Crippen LogP contribution in [0, 0.1) is 17.8 Å². The lowest BCUT2D eigenvalue weighted by molar-refractivity contribution is 0.122. The number of nitrogens with zero attached hydrogens (tertiary/aromatic N) is 2. The molecule has 5 nitrogen and oxygen atoms in total. The summed E-state index contributed by atoms with van der Waals surface area (Å²) < 4.78 is 5.48. The Morgan fingerprint density at radius 2 is 1.93 bits per heavy atom. The molecule has 30 heavy (non-hydrogen) atoms. The van der Waals surface area contributed by atoms with Gasteiger partial charge in [0.15, 0.2) is 5.43 Å². The Hall–Kier alpha value is -1.85. The zero-order valence-corrected chi connectivity index (χ0v) is 18.9. The van der Waals surface area contributed by atoms with Crippen LogP contribution < -0.4 is 10.3 Å². The Morgan fingerprint density at radius 1 is 1.17 bits per heavy atom. The van der Waals surface area contributed by atoms with E-state index in [0.29, 0.717) is 16.9 Å². The highest BCUT2D eigenvalue weighted by Crippen LogP contribution is 2.52. The van der Waals surface area contributed by atoms with Gasteiger partial charge in [-0.25, -0.2) is 0 Å². The topological polar surface area (TPSA) is 48.6 Å². The molecule has 0 unspecified atom stereocenters. The summed E-state index contributed by atoms with van der Waals surface area (Å²) in [6.45, 7) is 14.4. The number of aryl methyl sites for hydroxylation is 1. The maximum atomic E-state index is 13.6. The number of morpholine rings is 1. The van der Waals surface area contributed by atoms with Gasteiger partial charge in [-0.1, -0.05) is 20.8 Å². The maximum absolute atomic E-state index is 13.6. The van der Waals surface area contributed by atoms with Gasteiger partial charge in [0, 0.05) is 60.1 Å². The summed E-state index contributed by atoms with van der Waals surface area (Å²) in [5.41, 5.74) is 4.98. The SMILES string of the molecule is Cc1[nH]c2ccc(N3CCOCC3)cc2c(=O)c1CN1C[C@@]2(C)C[C@@H]1CC(C)(C)C2. The quantitative estimate of drug-likeness (QED) is 0.830. The second kappa shape index (κ2) is 7.10. The summed E-state index contributed by atoms with van der Waals surface area (Å²) in [5, 5.41) is 0.813. The third kappa shape index (κ3) is 3.56. The molecule has 1 aromatic heterocycles. The van der Waals surface area contributed by atoms with E-state index in [9.17, 15) is 4.79 Å². The van der Waals surface area contributed by atoms with Crippen molar-refractivity contribution in [3.63, 3.8) is 0 Å². The monoisotopic (exact) mass is 409 g/mol. The van der Waals surface area contributed by atoms with E-state index >= 15 is 0 Å². The van der Waals surface area contributed by atoms with Crippen molar-refractivity contribution in [2.75, 3.05) is 37.7 Å². The first kappa shape index (κ1) is 20.1. The highest BCUT2D eigenvalue weighted by Gasteiger charge is 2.49. The van der Waals surface area contributed by atoms with Crippen LogP contribution in [0.15, 0.2) is 23.0 Å². The lowest BCUT2D eigenvalue weighted by Gasteiger charge is -2.40. The number of benzene rings is 1. The Balaban J connectivity index is 1.48. The number of rotatable bonds is 3. The molecule has 2 aromatic rings. The Labute approximate surface area is 179 Å². The third-order valence-corrected chi connectivity index (χ3v) is 7.56. The summed E-state index contributed by atoms with van der Waals surface area (Å²) >= 11 is 0. The molecule has 5 rings (SSSR count). The van der Waals surface area contributed by atoms with Crippen LogP contribution >= 0.6 is 0 Å². The lowest BCUT2D eigenvalue weighted by atomic mass is 9.65. The molecule has 1 aliphatic carbocycles. The molecule has 2 bridgehead atoms. The molecule has 3 fully saturated rings. The minimum absolute atomic E-state index is 0.196. The van der Waals surface area contributed by atoms with Crippen molar-refractivity contribution in [1.29, 1.82) is 0 Å². The molecule has 3 aliphatic rings. The number of hydrogen-bond acceptors (Lipinski definition) is 4. The van der Waals surface area contributed by atoms with Gasteiger partial charge in [0.1, 0.15) is 0 Å². The van der Waals surface area contributed by atoms with E-state index < -0.39 is 0 Å². The Kier molecular flexibility index (Phi) is 4.75. The average molecular weight is 410 g/mol. The third-order valence-electron chi connectivity index (χ3n) is 7.56. The molecular weight excluding hydrogens is 374 g/mol. The van der Waals surface area contributed by atoms with E-state index in [1.807, 2.05) is 0 Å². The highest BCUT2D eigenvalue weighted by atomic mass is 16.5. The minimum Gasteiger partial charge on any atom is -0.378 e. The first-order valence-electron chi connectivity index (χ1n) is 11.5. The van der Waals surface area contributed by atoms with E-state index in [4.69, 9.17) is 4.74 Å². The van der Waals surface area contributed by atoms with Crippen LogP contribution in [-0.2, 0) is 11.3 Å². The number of fused-ring (bicyclic) bond motifs is 3. The van der Waals surface area contributed by atoms with Crippen molar-refractivity contribution in [2.45, 2.75) is 59.5 Å². The van der Waals surface area contributed by atoms with Crippen LogP contribution in [-0.4, -0.2) is 48.8 Å². The van der Waals surface area contributed by atoms with Gasteiger partial charge >= 0.3 is 0 Å². The Bertz CT molecular complexity index is 1020. The van der Waals surface area contributed by atoms with Gasteiger partial charge in [-0.2, -0.15) is 0 Å². The van der Waals surface area contributed by atoms with Crippen LogP contribution in [0.25, 0.3) is 10.9 Å². The smallest absolute Gasteiger partial charge is 0.194 e. The highest BCUT2D eigenvalue weighted by molar-refractivity contribution is 5.83. The number of H-pyrrole nitrogens is 1. The predicted octanol–water partition coefficient (Wildman–Crippen LogP) is 4.07. The summed E-state index contributed by atoms with van der Waals surface area (Å²) in [7, 11) is 0. The van der Waals surface area contributed by atoms with Gasteiger partial charge in [-0.15, -0.1) is 0 Å². The molecule has 162 valence electrons. The van der Waals surface area contributed by atoms with E-state index in [-0.39, 0.29) is 5.43 Å². The fourth-order valence-corrected chi connectivity index (χ4v) is 6.61. The van der Waals surface area contributed by atoms with Crippen molar-refractivity contribution in [3.8, 4) is 0 Å². The number of nitrogens with one attached hydrogen (secondary N) is 1. The number of aromatic amines is 1. The summed E-state index contributed by atoms with van der Waals surface area (Å²) in [5.74, 6) is 0. The first-order chi connectivity index (χ1) is 14.2. The normalized spacial score (nSPS) is 28.9. The molecule has 2 atom stereocenters. The van der Waals surface area contributed by atoms with Gasteiger partial charge in [0.2, 0.25) is 0 Å². The van der Waals surface area contributed by atoms with Crippen molar-refractivity contribution in [3.05, 3.63) is 39.7 Å². The van der Waals surface area contributed by atoms with Crippen molar-refractivity contribution >= 4 is 16.6 Å². The second-order valence-corrected chi connectivity index (χ2v) is 11.0. The minimum atomic E-state index is 0.196. The number of anilines is 1. The molecular formula is C25H35N3O2. The van der Waals surface area contributed by atoms with Gasteiger partial charge in [0.25, 0.3) is 0 Å². The Morgan fingerprint density at radius 3 is 2.70 bits per heavy atom. The van der Waals surface area contributed by atoms with Gasteiger partial charge in [-0.05, 0) is 55.2 Å². The van der Waals surface area contributed by atoms with Crippen molar-refractivity contribution in [1.82, 2.24) is 9.88 Å². The fraction of sp³-hybridized carbons (Fsp3) is 0.640. The number of ether oxygens (including phenoxy) is 1. The number of aromatic nitrogens is 1. The van der Waals surface area contributed by atoms with Gasteiger partial charge < -0.3 is 14.6 Å². The molecule has 1 saturated carbocycles. The maximum Gasteiger partial charge on any atom is 0.194 e. The molecule has 2 saturated heterocycles. The van der Waals surface area contributed by atoms with E-state index in [1.54, 1.807) is 0 Å². The second-order valence-electron chi connectivity index (χ2n) is 11.0. The number of hydrogen-bond donors (Lipinski definition) is 1. The van der Waals surface area contributed by atoms with Crippen molar-refractivity contribution < 1.29 is 4.74 Å². The summed E-state index contributed by atoms with van der Waals surface area (Å²) in [6, 6.07) is 6.85. The lowest BCUT2D eigenvalue weighted by Crippen LogP contribution is -2.36. The summed E-state index contributed by atoms with van der Waals surface area (Å²) in [6.07, 6.45) is 3.78. The standard InChI is InChI=1S/C25H35N3O2/c1-17-21(14-28-16-25(4)13-19(28)12-24(2,3)15-25)23(29)20-11-18(5-6-22(20)26-17)27-7-9-30-10-8-27/h5-6,11,19H,7-10,12-16H2,1-4H3,(H,26,29)/t19-,25-/m0/s1. The molecule has 5 heteroatoms. The van der Waals surface area contributed by atoms with E-state index in [0.717, 1.165) is 67.2 Å². The van der Waals surface area contributed by atoms with Crippen LogP contribution in [0.5, 0.6) is 0 Å². The molecule has 0 spiro atoms. The zero-order chi connectivity index (χ0) is 21.1. The molecule has 1 aromatic carbocycles. The van der Waals surface area contributed by atoms with Gasteiger partial charge in [0.05, 0.1) is 13.2 Å². The van der Waals surface area contributed by atoms with Crippen LogP contribution in [0.4, 0.5) is 5.69 Å². The largest absolute Gasteiger partial charge is 0.378 e. The van der Waals surface area contributed by atoms with Crippen LogP contribution in [0.1, 0.15) is 51.3 Å². The molecule has 0 radical (unpaired) electrons. The van der Waals surface area contributed by atoms with E-state index in [2.05, 4.69) is 60.7 Å². The molecule has 1 N–H and O–H groups in total. The molecule has 0 amide bonds. The zero-order valence-electron chi connectivity index (χ0n) is 18.9. The van der Waals surface area contributed by atoms with Crippen LogP contribution in [0.3, 0.4) is 0 Å². The van der Waals surface area contributed by atoms with Gasteiger partial charge in [-0.3, -0.25) is 9.69 Å². The number of pyridine rings is 1. The average Bonchev–Trinajstić information content (AvgIpc) is 2.93. The first-order valence-corrected chi connectivity index (χ1v) is 11.5. The summed E-state index contributed by atoms with van der Waals surface area (Å²) in [4.78, 5) is 22.0. The predicted molar refractivity (Wildman–Crippen MR) is 122 cm³/mol.